The molecule has 1 aliphatic carbocycles. The SMILES string of the molecule is CC(O)CN(C)C1(C#N)CC1. The third kappa shape index (κ3) is 1.70. The van der Waals surface area contributed by atoms with Crippen molar-refractivity contribution in [3.8, 4) is 6.07 Å². The minimum Gasteiger partial charge on any atom is -0.392 e. The van der Waals surface area contributed by atoms with Crippen LogP contribution in [0.15, 0.2) is 0 Å². The molecule has 0 aliphatic heterocycles. The first kappa shape index (κ1) is 8.51. The second-order valence-electron chi connectivity index (χ2n) is 3.37. The van der Waals surface area contributed by atoms with Crippen LogP contribution in [0.2, 0.25) is 0 Å². The molecule has 0 aromatic carbocycles. The number of aliphatic hydroxyl groups is 1. The van der Waals surface area contributed by atoms with E-state index in [-0.39, 0.29) is 11.6 Å². The van der Waals surface area contributed by atoms with Gasteiger partial charge in [0.15, 0.2) is 0 Å². The van der Waals surface area contributed by atoms with Crippen molar-refractivity contribution in [2.75, 3.05) is 13.6 Å². The van der Waals surface area contributed by atoms with E-state index in [0.29, 0.717) is 6.54 Å². The normalized spacial score (nSPS) is 22.8. The molecule has 0 aromatic rings. The molecule has 0 bridgehead atoms. The van der Waals surface area contributed by atoms with Gasteiger partial charge >= 0.3 is 0 Å². The summed E-state index contributed by atoms with van der Waals surface area (Å²) in [4.78, 5) is 1.94. The Morgan fingerprint density at radius 3 is 2.55 bits per heavy atom. The van der Waals surface area contributed by atoms with Crippen LogP contribution in [0, 0.1) is 11.3 Å². The summed E-state index contributed by atoms with van der Waals surface area (Å²) in [5.74, 6) is 0. The van der Waals surface area contributed by atoms with Crippen LogP contribution in [0.4, 0.5) is 0 Å². The number of hydrogen-bond donors (Lipinski definition) is 1. The number of rotatable bonds is 3. The molecule has 3 heteroatoms. The first-order valence-electron chi connectivity index (χ1n) is 3.91. The number of β-amino-alcohol motifs (C(OH)–C–C–N with tert-alkyl or cyclic N) is 1. The van der Waals surface area contributed by atoms with Crippen LogP contribution in [-0.2, 0) is 0 Å². The van der Waals surface area contributed by atoms with Crippen LogP contribution < -0.4 is 0 Å². The molecule has 1 saturated carbocycles. The van der Waals surface area contributed by atoms with E-state index in [0.717, 1.165) is 12.8 Å². The summed E-state index contributed by atoms with van der Waals surface area (Å²) >= 11 is 0. The van der Waals surface area contributed by atoms with Crippen molar-refractivity contribution in [2.45, 2.75) is 31.4 Å². The fourth-order valence-electron chi connectivity index (χ4n) is 1.27. The van der Waals surface area contributed by atoms with Gasteiger partial charge in [-0.1, -0.05) is 0 Å². The molecule has 1 fully saturated rings. The van der Waals surface area contributed by atoms with E-state index >= 15 is 0 Å². The van der Waals surface area contributed by atoms with Crippen LogP contribution >= 0.6 is 0 Å². The highest BCUT2D eigenvalue weighted by atomic mass is 16.3. The van der Waals surface area contributed by atoms with Crippen LogP contribution in [0.25, 0.3) is 0 Å². The Bertz CT molecular complexity index is 179. The van der Waals surface area contributed by atoms with Crippen molar-refractivity contribution in [1.82, 2.24) is 4.90 Å². The lowest BCUT2D eigenvalue weighted by atomic mass is 10.2. The molecule has 3 nitrogen and oxygen atoms in total. The Balaban J connectivity index is 2.43. The van der Waals surface area contributed by atoms with E-state index in [2.05, 4.69) is 6.07 Å². The highest BCUT2D eigenvalue weighted by molar-refractivity contribution is 5.18. The van der Waals surface area contributed by atoms with Gasteiger partial charge in [-0.2, -0.15) is 5.26 Å². The summed E-state index contributed by atoms with van der Waals surface area (Å²) in [7, 11) is 1.89. The summed E-state index contributed by atoms with van der Waals surface area (Å²) < 4.78 is 0. The lowest BCUT2D eigenvalue weighted by Crippen LogP contribution is -2.37. The molecule has 1 unspecified atom stereocenters. The maximum Gasteiger partial charge on any atom is 0.109 e. The molecule has 1 atom stereocenters. The van der Waals surface area contributed by atoms with E-state index in [1.54, 1.807) is 6.92 Å². The molecule has 0 spiro atoms. The maximum atomic E-state index is 9.06. The van der Waals surface area contributed by atoms with E-state index in [9.17, 15) is 0 Å². The highest BCUT2D eigenvalue weighted by Gasteiger charge is 2.46. The van der Waals surface area contributed by atoms with Gasteiger partial charge < -0.3 is 5.11 Å². The Kier molecular flexibility index (Phi) is 2.17. The quantitative estimate of drug-likeness (QED) is 0.638. The average Bonchev–Trinajstić information content (AvgIpc) is 2.65. The average molecular weight is 154 g/mol. The number of nitriles is 1. The number of nitrogens with zero attached hydrogens (tertiary/aromatic N) is 2. The molecule has 62 valence electrons. The minimum atomic E-state index is -0.342. The van der Waals surface area contributed by atoms with Gasteiger partial charge in [-0.15, -0.1) is 0 Å². The minimum absolute atomic E-state index is 0.239. The number of aliphatic hydroxyl groups excluding tert-OH is 1. The number of hydrogen-bond acceptors (Lipinski definition) is 3. The predicted molar refractivity (Wildman–Crippen MR) is 41.9 cm³/mol. The zero-order chi connectivity index (χ0) is 8.48. The second kappa shape index (κ2) is 2.80. The molecule has 11 heavy (non-hydrogen) atoms. The lowest BCUT2D eigenvalue weighted by Gasteiger charge is -2.22. The third-order valence-electron chi connectivity index (χ3n) is 2.20. The fourth-order valence-corrected chi connectivity index (χ4v) is 1.27. The molecule has 0 heterocycles. The number of likely N-dealkylation sites (N-methyl/N-ethyl adjacent to an activating group) is 1. The van der Waals surface area contributed by atoms with Crippen molar-refractivity contribution < 1.29 is 5.11 Å². The van der Waals surface area contributed by atoms with Gasteiger partial charge in [0, 0.05) is 6.54 Å². The van der Waals surface area contributed by atoms with Crippen LogP contribution in [0.3, 0.4) is 0 Å². The van der Waals surface area contributed by atoms with E-state index in [1.165, 1.54) is 0 Å². The van der Waals surface area contributed by atoms with E-state index in [4.69, 9.17) is 10.4 Å². The van der Waals surface area contributed by atoms with Crippen molar-refractivity contribution >= 4 is 0 Å². The molecule has 0 aromatic heterocycles. The van der Waals surface area contributed by atoms with Gasteiger partial charge in [0.05, 0.1) is 12.2 Å². The first-order chi connectivity index (χ1) is 5.10. The summed E-state index contributed by atoms with van der Waals surface area (Å²) in [5, 5.41) is 17.8. The standard InChI is InChI=1S/C8H14N2O/c1-7(11)5-10(2)8(6-9)3-4-8/h7,11H,3-5H2,1-2H3. The second-order valence-corrected chi connectivity index (χ2v) is 3.37. The molecular formula is C8H14N2O. The molecule has 0 amide bonds. The molecule has 1 rings (SSSR count). The van der Waals surface area contributed by atoms with Gasteiger partial charge in [0.2, 0.25) is 0 Å². The molecule has 1 aliphatic rings. The van der Waals surface area contributed by atoms with E-state index < -0.39 is 0 Å². The summed E-state index contributed by atoms with van der Waals surface area (Å²) in [6.07, 6.45) is 1.56. The fraction of sp³-hybridized carbons (Fsp3) is 0.875. The maximum absolute atomic E-state index is 9.06. The molecule has 1 N–H and O–H groups in total. The van der Waals surface area contributed by atoms with Crippen molar-refractivity contribution in [2.24, 2.45) is 0 Å². The van der Waals surface area contributed by atoms with Gasteiger partial charge in [0.25, 0.3) is 0 Å². The monoisotopic (exact) mass is 154 g/mol. The largest absolute Gasteiger partial charge is 0.392 e. The Labute approximate surface area is 67.2 Å². The Morgan fingerprint density at radius 2 is 2.27 bits per heavy atom. The smallest absolute Gasteiger partial charge is 0.109 e. The zero-order valence-corrected chi connectivity index (χ0v) is 7.04. The van der Waals surface area contributed by atoms with Crippen LogP contribution in [0.5, 0.6) is 0 Å². The van der Waals surface area contributed by atoms with Gasteiger partial charge in [-0.3, -0.25) is 4.90 Å². The molecule has 0 radical (unpaired) electrons. The van der Waals surface area contributed by atoms with Crippen LogP contribution in [0.1, 0.15) is 19.8 Å². The Morgan fingerprint density at radius 1 is 1.73 bits per heavy atom. The molecular weight excluding hydrogens is 140 g/mol. The van der Waals surface area contributed by atoms with E-state index in [1.807, 2.05) is 11.9 Å². The van der Waals surface area contributed by atoms with Crippen molar-refractivity contribution in [3.63, 3.8) is 0 Å². The van der Waals surface area contributed by atoms with Gasteiger partial charge in [-0.05, 0) is 26.8 Å². The van der Waals surface area contributed by atoms with Crippen molar-refractivity contribution in [1.29, 1.82) is 5.26 Å². The lowest BCUT2D eigenvalue weighted by molar-refractivity contribution is 0.124. The summed E-state index contributed by atoms with van der Waals surface area (Å²) in [6, 6.07) is 2.27. The predicted octanol–water partition coefficient (Wildman–Crippen LogP) is 0.355. The summed E-state index contributed by atoms with van der Waals surface area (Å²) in [6.45, 7) is 2.33. The van der Waals surface area contributed by atoms with Crippen molar-refractivity contribution in [3.05, 3.63) is 0 Å². The first-order valence-corrected chi connectivity index (χ1v) is 3.91. The third-order valence-corrected chi connectivity index (χ3v) is 2.20. The summed E-state index contributed by atoms with van der Waals surface area (Å²) in [5.41, 5.74) is -0.239. The molecule has 0 saturated heterocycles. The zero-order valence-electron chi connectivity index (χ0n) is 7.04. The highest BCUT2D eigenvalue weighted by Crippen LogP contribution is 2.39. The van der Waals surface area contributed by atoms with Gasteiger partial charge in [0.1, 0.15) is 5.54 Å². The van der Waals surface area contributed by atoms with Crippen LogP contribution in [-0.4, -0.2) is 35.2 Å². The topological polar surface area (TPSA) is 47.3 Å². The Hall–Kier alpha value is -0.590. The van der Waals surface area contributed by atoms with Gasteiger partial charge in [-0.25, -0.2) is 0 Å².